The Morgan fingerprint density at radius 1 is 1.10 bits per heavy atom. The number of carbonyl (C=O) groups is 1. The Kier molecular flexibility index (Phi) is 7.27. The van der Waals surface area contributed by atoms with E-state index in [-0.39, 0.29) is 17.8 Å². The molecule has 2 heterocycles. The number of rotatable bonds is 4. The van der Waals surface area contributed by atoms with E-state index in [4.69, 9.17) is 25.9 Å². The molecule has 1 amide bonds. The molecule has 0 atom stereocenters. The van der Waals surface area contributed by atoms with Crippen LogP contribution in [0.2, 0.25) is 5.02 Å². The minimum absolute atomic E-state index is 0.222. The molecule has 0 saturated carbocycles. The van der Waals surface area contributed by atoms with Crippen molar-refractivity contribution in [1.82, 2.24) is 4.90 Å². The molecular weight excluding hydrogens is 404 g/mol. The van der Waals surface area contributed by atoms with E-state index in [1.54, 1.807) is 4.90 Å². The number of likely N-dealkylation sites (tertiary alicyclic amines) is 1. The Hall–Kier alpha value is -2.66. The molecular formula is C23H25ClN2O4. The molecule has 30 heavy (non-hydrogen) atoms. The van der Waals surface area contributed by atoms with Crippen LogP contribution in [-0.2, 0) is 27.3 Å². The zero-order chi connectivity index (χ0) is 21.6. The molecule has 0 N–H and O–H groups in total. The predicted molar refractivity (Wildman–Crippen MR) is 113 cm³/mol. The summed E-state index contributed by atoms with van der Waals surface area (Å²) < 4.78 is 5.85. The summed E-state index contributed by atoms with van der Waals surface area (Å²) in [5, 5.41) is 0.845. The average Bonchev–Trinajstić information content (AvgIpc) is 3.08. The molecule has 2 aromatic rings. The molecule has 0 radical (unpaired) electrons. The Balaban J connectivity index is 0.000000806. The first-order valence-electron chi connectivity index (χ1n) is 10.0. The van der Waals surface area contributed by atoms with Gasteiger partial charge in [-0.1, -0.05) is 48.9 Å². The lowest BCUT2D eigenvalue weighted by Gasteiger charge is -2.37. The van der Waals surface area contributed by atoms with Gasteiger partial charge in [-0.25, -0.2) is 4.79 Å². The van der Waals surface area contributed by atoms with Crippen LogP contribution in [0.25, 0.3) is 0 Å². The van der Waals surface area contributed by atoms with Gasteiger partial charge in [-0.15, -0.1) is 0 Å². The van der Waals surface area contributed by atoms with E-state index in [1.807, 2.05) is 36.4 Å². The minimum Gasteiger partial charge on any atom is -0.441 e. The molecule has 2 aromatic carbocycles. The first-order chi connectivity index (χ1) is 14.5. The van der Waals surface area contributed by atoms with Gasteiger partial charge in [-0.05, 0) is 35.7 Å². The summed E-state index contributed by atoms with van der Waals surface area (Å²) >= 11 is 6.23. The number of aryl methyl sites for hydroxylation is 1. The van der Waals surface area contributed by atoms with Gasteiger partial charge in [0.15, 0.2) is 0 Å². The summed E-state index contributed by atoms with van der Waals surface area (Å²) in [7, 11) is 0. The van der Waals surface area contributed by atoms with E-state index in [9.17, 15) is 4.79 Å². The molecule has 2 saturated heterocycles. The van der Waals surface area contributed by atoms with Crippen LogP contribution < -0.4 is 4.90 Å². The van der Waals surface area contributed by atoms with Gasteiger partial charge in [-0.3, -0.25) is 9.80 Å². The number of anilines is 1. The second-order valence-corrected chi connectivity index (χ2v) is 8.02. The quantitative estimate of drug-likeness (QED) is 0.725. The summed E-state index contributed by atoms with van der Waals surface area (Å²) in [6.45, 7) is 5.55. The predicted octanol–water partition coefficient (Wildman–Crippen LogP) is 4.31. The number of hydrogen-bond acceptors (Lipinski definition) is 5. The monoisotopic (exact) mass is 428 g/mol. The van der Waals surface area contributed by atoms with Crippen LogP contribution in [-0.4, -0.2) is 42.4 Å². The summed E-state index contributed by atoms with van der Waals surface area (Å²) in [5.74, 6) is 0. The van der Waals surface area contributed by atoms with Crippen LogP contribution in [0.4, 0.5) is 10.5 Å². The second kappa shape index (κ2) is 9.90. The molecule has 4 rings (SSSR count). The van der Waals surface area contributed by atoms with Crippen molar-refractivity contribution >= 4 is 29.5 Å². The Morgan fingerprint density at radius 3 is 2.40 bits per heavy atom. The van der Waals surface area contributed by atoms with Crippen LogP contribution in [0.15, 0.2) is 48.5 Å². The van der Waals surface area contributed by atoms with Crippen LogP contribution in [0, 0.1) is 0 Å². The topological polar surface area (TPSA) is 66.9 Å². The normalized spacial score (nSPS) is 17.8. The minimum atomic E-state index is -0.349. The summed E-state index contributed by atoms with van der Waals surface area (Å²) in [6, 6.07) is 16.1. The van der Waals surface area contributed by atoms with Gasteiger partial charge in [0, 0.05) is 43.2 Å². The number of para-hydroxylation sites is 1. The smallest absolute Gasteiger partial charge is 0.415 e. The molecule has 0 aliphatic carbocycles. The molecule has 2 aliphatic heterocycles. The van der Waals surface area contributed by atoms with Gasteiger partial charge < -0.3 is 4.74 Å². The maximum Gasteiger partial charge on any atom is 0.415 e. The van der Waals surface area contributed by atoms with Crippen molar-refractivity contribution in [2.45, 2.75) is 38.3 Å². The third kappa shape index (κ3) is 5.08. The number of halogens is 1. The third-order valence-corrected chi connectivity index (χ3v) is 6.07. The van der Waals surface area contributed by atoms with Crippen LogP contribution >= 0.6 is 11.6 Å². The fourth-order valence-electron chi connectivity index (χ4n) is 4.06. The summed E-state index contributed by atoms with van der Waals surface area (Å²) in [6.07, 6.45) is 2.72. The molecule has 2 fully saturated rings. The maximum absolute atomic E-state index is 12.4. The molecule has 0 aromatic heterocycles. The standard InChI is InChI=1S/C22H25ClN2O2.CO2/c1-2-18-14-17(8-9-20(18)23)15-24-12-10-22(11-13-24)16-25(21(26)27-22)19-6-4-3-5-7-19;2-1-3/h3-9,14H,2,10-13,15-16H2,1H3;. The van der Waals surface area contributed by atoms with Crippen molar-refractivity contribution in [3.63, 3.8) is 0 Å². The highest BCUT2D eigenvalue weighted by atomic mass is 35.5. The molecule has 2 aliphatic rings. The zero-order valence-electron chi connectivity index (χ0n) is 17.0. The van der Waals surface area contributed by atoms with Gasteiger partial charge in [0.05, 0.1) is 6.54 Å². The molecule has 0 unspecified atom stereocenters. The van der Waals surface area contributed by atoms with Gasteiger partial charge in [0.2, 0.25) is 0 Å². The molecule has 1 spiro atoms. The van der Waals surface area contributed by atoms with E-state index in [2.05, 4.69) is 24.0 Å². The zero-order valence-corrected chi connectivity index (χ0v) is 17.7. The fraction of sp³-hybridized carbons (Fsp3) is 0.391. The lowest BCUT2D eigenvalue weighted by Crippen LogP contribution is -2.46. The van der Waals surface area contributed by atoms with Crippen LogP contribution in [0.3, 0.4) is 0 Å². The van der Waals surface area contributed by atoms with Crippen molar-refractivity contribution in [2.24, 2.45) is 0 Å². The molecule has 158 valence electrons. The second-order valence-electron chi connectivity index (χ2n) is 7.61. The number of nitrogens with zero attached hydrogens (tertiary/aromatic N) is 2. The van der Waals surface area contributed by atoms with Crippen molar-refractivity contribution < 1.29 is 19.1 Å². The van der Waals surface area contributed by atoms with Crippen molar-refractivity contribution in [3.05, 3.63) is 64.7 Å². The van der Waals surface area contributed by atoms with Crippen molar-refractivity contribution in [2.75, 3.05) is 24.5 Å². The Bertz CT molecular complexity index is 905. The number of piperidine rings is 1. The van der Waals surface area contributed by atoms with Gasteiger partial charge >= 0.3 is 12.2 Å². The number of carbonyl (C=O) groups excluding carboxylic acids is 3. The Labute approximate surface area is 181 Å². The highest BCUT2D eigenvalue weighted by molar-refractivity contribution is 6.31. The first-order valence-corrected chi connectivity index (χ1v) is 10.4. The average molecular weight is 429 g/mol. The van der Waals surface area contributed by atoms with Gasteiger partial charge in [0.1, 0.15) is 5.60 Å². The van der Waals surface area contributed by atoms with Crippen LogP contribution in [0.5, 0.6) is 0 Å². The van der Waals surface area contributed by atoms with E-state index in [1.165, 1.54) is 11.1 Å². The Morgan fingerprint density at radius 2 is 1.77 bits per heavy atom. The van der Waals surface area contributed by atoms with Crippen LogP contribution in [0.1, 0.15) is 30.9 Å². The number of amides is 1. The largest absolute Gasteiger partial charge is 0.441 e. The van der Waals surface area contributed by atoms with E-state index in [0.29, 0.717) is 6.54 Å². The summed E-state index contributed by atoms with van der Waals surface area (Å²) in [4.78, 5) is 32.9. The van der Waals surface area contributed by atoms with Crippen molar-refractivity contribution in [3.8, 4) is 0 Å². The summed E-state index contributed by atoms with van der Waals surface area (Å²) in [5.41, 5.74) is 3.06. The molecule has 7 heteroatoms. The van der Waals surface area contributed by atoms with E-state index in [0.717, 1.165) is 49.6 Å². The van der Waals surface area contributed by atoms with E-state index >= 15 is 0 Å². The lowest BCUT2D eigenvalue weighted by atomic mass is 9.91. The maximum atomic E-state index is 12.4. The number of benzene rings is 2. The van der Waals surface area contributed by atoms with E-state index < -0.39 is 0 Å². The number of ether oxygens (including phenoxy) is 1. The highest BCUT2D eigenvalue weighted by Gasteiger charge is 2.47. The number of hydrogen-bond donors (Lipinski definition) is 0. The highest BCUT2D eigenvalue weighted by Crippen LogP contribution is 2.36. The molecule has 6 nitrogen and oxygen atoms in total. The first kappa shape index (κ1) is 22.0. The fourth-order valence-corrected chi connectivity index (χ4v) is 4.32. The third-order valence-electron chi connectivity index (χ3n) is 5.70. The van der Waals surface area contributed by atoms with Gasteiger partial charge in [0.25, 0.3) is 0 Å². The molecule has 0 bridgehead atoms. The van der Waals surface area contributed by atoms with Crippen molar-refractivity contribution in [1.29, 1.82) is 0 Å². The lowest BCUT2D eigenvalue weighted by molar-refractivity contribution is -0.191. The van der Waals surface area contributed by atoms with Gasteiger partial charge in [-0.2, -0.15) is 9.59 Å². The SMILES string of the molecule is CCc1cc(CN2CCC3(CC2)CN(c2ccccc2)C(=O)O3)ccc1Cl.O=C=O.